The number of likely N-dealkylation sites (N-methyl/N-ethyl adjacent to an activating group) is 1. The fourth-order valence-corrected chi connectivity index (χ4v) is 4.02. The van der Waals surface area contributed by atoms with Crippen molar-refractivity contribution in [2.45, 2.75) is 53.5 Å². The van der Waals surface area contributed by atoms with Crippen LogP contribution in [-0.4, -0.2) is 17.8 Å². The average molecular weight is 507 g/mol. The number of hydrogen-bond acceptors (Lipinski definition) is 4. The van der Waals surface area contributed by atoms with Gasteiger partial charge >= 0.3 is 0 Å². The van der Waals surface area contributed by atoms with Crippen LogP contribution in [0.15, 0.2) is 96.8 Å². The van der Waals surface area contributed by atoms with Crippen LogP contribution in [0, 0.1) is 13.8 Å². The average Bonchev–Trinajstić information content (AvgIpc) is 2.88. The Morgan fingerprint density at radius 3 is 2.16 bits per heavy atom. The van der Waals surface area contributed by atoms with Crippen LogP contribution in [0.2, 0.25) is 0 Å². The lowest BCUT2D eigenvalue weighted by atomic mass is 9.86. The SMILES string of the molecule is C=C(C)c1ccc(C(C)(C)C)cc1.C=C1C(Nc2ccc(CN)cc2)=NC(c2cccc(C)c2C)=CN1C. The number of allylic oxidation sites excluding steroid dienone is 1. The summed E-state index contributed by atoms with van der Waals surface area (Å²) < 4.78 is 0. The summed E-state index contributed by atoms with van der Waals surface area (Å²) in [5, 5.41) is 3.37. The first-order valence-corrected chi connectivity index (χ1v) is 13.0. The van der Waals surface area contributed by atoms with E-state index in [1.807, 2.05) is 49.3 Å². The maximum Gasteiger partial charge on any atom is 0.154 e. The Labute approximate surface area is 229 Å². The molecule has 0 fully saturated rings. The summed E-state index contributed by atoms with van der Waals surface area (Å²) in [6, 6.07) is 23.0. The number of nitrogens with two attached hydrogens (primary N) is 1. The molecule has 1 aliphatic heterocycles. The van der Waals surface area contributed by atoms with E-state index < -0.39 is 0 Å². The predicted octanol–water partition coefficient (Wildman–Crippen LogP) is 8.05. The quantitative estimate of drug-likeness (QED) is 0.376. The molecule has 0 spiro atoms. The van der Waals surface area contributed by atoms with Gasteiger partial charge in [0.05, 0.1) is 11.4 Å². The van der Waals surface area contributed by atoms with Crippen LogP contribution in [0.1, 0.15) is 61.1 Å². The van der Waals surface area contributed by atoms with Gasteiger partial charge in [0.25, 0.3) is 0 Å². The van der Waals surface area contributed by atoms with Gasteiger partial charge in [-0.25, -0.2) is 4.99 Å². The number of anilines is 1. The van der Waals surface area contributed by atoms with E-state index in [9.17, 15) is 0 Å². The van der Waals surface area contributed by atoms with Crippen molar-refractivity contribution in [1.29, 1.82) is 0 Å². The van der Waals surface area contributed by atoms with Crippen LogP contribution in [0.3, 0.4) is 0 Å². The van der Waals surface area contributed by atoms with Crippen molar-refractivity contribution in [1.82, 2.24) is 4.90 Å². The standard InChI is InChI=1S/C21H24N4.C13H18/c1-14-6-5-7-19(15(14)2)20-13-25(4)16(3)21(24-20)23-18-10-8-17(12-22)9-11-18;1-10(2)11-6-8-12(9-7-11)13(3,4)5/h5-11,13H,3,12,22H2,1-2,4H3,(H,23,24);6-9H,1H2,2-5H3. The largest absolute Gasteiger partial charge is 0.346 e. The van der Waals surface area contributed by atoms with E-state index in [1.54, 1.807) is 0 Å². The number of aliphatic imine (C=N–C) groups is 1. The third-order valence-corrected chi connectivity index (χ3v) is 6.82. The molecule has 1 heterocycles. The van der Waals surface area contributed by atoms with Crippen molar-refractivity contribution in [3.8, 4) is 0 Å². The lowest BCUT2D eigenvalue weighted by Gasteiger charge is -2.26. The molecule has 1 aliphatic rings. The van der Waals surface area contributed by atoms with Gasteiger partial charge in [0.2, 0.25) is 0 Å². The van der Waals surface area contributed by atoms with Gasteiger partial charge in [0, 0.05) is 31.0 Å². The van der Waals surface area contributed by atoms with Crippen LogP contribution in [0.25, 0.3) is 11.3 Å². The van der Waals surface area contributed by atoms with Crippen molar-refractivity contribution >= 4 is 22.8 Å². The van der Waals surface area contributed by atoms with Crippen LogP contribution in [0.5, 0.6) is 0 Å². The number of hydrogen-bond donors (Lipinski definition) is 2. The number of nitrogens with one attached hydrogen (secondary N) is 1. The summed E-state index contributed by atoms with van der Waals surface area (Å²) in [4.78, 5) is 6.82. The van der Waals surface area contributed by atoms with Crippen molar-refractivity contribution in [2.75, 3.05) is 12.4 Å². The highest BCUT2D eigenvalue weighted by atomic mass is 15.2. The minimum absolute atomic E-state index is 0.244. The molecule has 0 amide bonds. The van der Waals surface area contributed by atoms with Gasteiger partial charge in [-0.05, 0) is 66.1 Å². The van der Waals surface area contributed by atoms with Crippen LogP contribution >= 0.6 is 0 Å². The van der Waals surface area contributed by atoms with Gasteiger partial charge in [-0.15, -0.1) is 0 Å². The first-order valence-electron chi connectivity index (χ1n) is 13.0. The fraction of sp³-hybridized carbons (Fsp3) is 0.265. The summed E-state index contributed by atoms with van der Waals surface area (Å²) in [7, 11) is 1.99. The topological polar surface area (TPSA) is 53.6 Å². The summed E-state index contributed by atoms with van der Waals surface area (Å²) in [6.45, 7) is 21.6. The van der Waals surface area contributed by atoms with E-state index in [-0.39, 0.29) is 5.41 Å². The lowest BCUT2D eigenvalue weighted by molar-refractivity contribution is 0.590. The number of aryl methyl sites for hydroxylation is 1. The summed E-state index contributed by atoms with van der Waals surface area (Å²) in [6.07, 6.45) is 2.02. The number of nitrogens with zero attached hydrogens (tertiary/aromatic N) is 2. The molecule has 0 aromatic heterocycles. The van der Waals surface area contributed by atoms with Gasteiger partial charge in [-0.1, -0.05) is 94.1 Å². The molecule has 4 rings (SSSR count). The molecular formula is C34H42N4. The molecule has 4 nitrogen and oxygen atoms in total. The second kappa shape index (κ2) is 12.1. The zero-order valence-corrected chi connectivity index (χ0v) is 24.0. The van der Waals surface area contributed by atoms with Gasteiger partial charge in [0.15, 0.2) is 5.84 Å². The van der Waals surface area contributed by atoms with Crippen molar-refractivity contribution in [3.63, 3.8) is 0 Å². The predicted molar refractivity (Wildman–Crippen MR) is 166 cm³/mol. The Balaban J connectivity index is 0.000000260. The molecule has 3 N–H and O–H groups in total. The van der Waals surface area contributed by atoms with Crippen molar-refractivity contribution in [3.05, 3.63) is 125 Å². The van der Waals surface area contributed by atoms with Crippen LogP contribution in [0.4, 0.5) is 5.69 Å². The maximum atomic E-state index is 5.66. The third-order valence-electron chi connectivity index (χ3n) is 6.82. The minimum atomic E-state index is 0.244. The second-order valence-electron chi connectivity index (χ2n) is 10.9. The molecule has 0 bridgehead atoms. The highest BCUT2D eigenvalue weighted by molar-refractivity contribution is 6.10. The first kappa shape index (κ1) is 28.7. The molecule has 0 aliphatic carbocycles. The van der Waals surface area contributed by atoms with Crippen LogP contribution in [-0.2, 0) is 12.0 Å². The van der Waals surface area contributed by atoms with E-state index in [4.69, 9.17) is 10.7 Å². The number of benzene rings is 3. The Hall–Kier alpha value is -3.89. The molecule has 3 aromatic carbocycles. The summed E-state index contributed by atoms with van der Waals surface area (Å²) in [5.41, 5.74) is 17.1. The zero-order valence-electron chi connectivity index (χ0n) is 24.0. The molecule has 0 radical (unpaired) electrons. The summed E-state index contributed by atoms with van der Waals surface area (Å²) in [5.74, 6) is 0.751. The van der Waals surface area contributed by atoms with Gasteiger partial charge in [-0.2, -0.15) is 0 Å². The molecule has 4 heteroatoms. The summed E-state index contributed by atoms with van der Waals surface area (Å²) >= 11 is 0. The fourth-order valence-electron chi connectivity index (χ4n) is 4.02. The van der Waals surface area contributed by atoms with Crippen LogP contribution < -0.4 is 11.1 Å². The first-order chi connectivity index (χ1) is 17.9. The van der Waals surface area contributed by atoms with E-state index in [2.05, 4.69) is 95.6 Å². The molecule has 0 saturated carbocycles. The number of amidine groups is 1. The molecular weight excluding hydrogens is 464 g/mol. The highest BCUT2D eigenvalue weighted by Crippen LogP contribution is 2.28. The Morgan fingerprint density at radius 2 is 1.61 bits per heavy atom. The highest BCUT2D eigenvalue weighted by Gasteiger charge is 2.18. The van der Waals surface area contributed by atoms with E-state index in [0.29, 0.717) is 6.54 Å². The van der Waals surface area contributed by atoms with Gasteiger partial charge < -0.3 is 16.0 Å². The molecule has 198 valence electrons. The molecule has 0 saturated heterocycles. The zero-order chi connectivity index (χ0) is 28.0. The normalized spacial score (nSPS) is 13.3. The molecule has 0 atom stereocenters. The van der Waals surface area contributed by atoms with Gasteiger partial charge in [-0.3, -0.25) is 0 Å². The third kappa shape index (κ3) is 7.11. The molecule has 0 unspecified atom stereocenters. The monoisotopic (exact) mass is 506 g/mol. The van der Waals surface area contributed by atoms with Crippen molar-refractivity contribution < 1.29 is 0 Å². The molecule has 38 heavy (non-hydrogen) atoms. The Kier molecular flexibility index (Phi) is 9.13. The Bertz CT molecular complexity index is 1350. The molecule has 3 aromatic rings. The van der Waals surface area contributed by atoms with Crippen molar-refractivity contribution in [2.24, 2.45) is 10.7 Å². The van der Waals surface area contributed by atoms with E-state index >= 15 is 0 Å². The Morgan fingerprint density at radius 1 is 0.974 bits per heavy atom. The second-order valence-corrected chi connectivity index (χ2v) is 10.9. The lowest BCUT2D eigenvalue weighted by Crippen LogP contribution is -2.27. The number of rotatable bonds is 4. The van der Waals surface area contributed by atoms with E-state index in [1.165, 1.54) is 22.3 Å². The van der Waals surface area contributed by atoms with Gasteiger partial charge in [0.1, 0.15) is 0 Å². The smallest absolute Gasteiger partial charge is 0.154 e. The minimum Gasteiger partial charge on any atom is -0.346 e. The van der Waals surface area contributed by atoms with E-state index in [0.717, 1.165) is 39.6 Å². The maximum absolute atomic E-state index is 5.66.